The molecule has 12 heteroatoms. The number of carbonyl (C=O) groups is 1. The molecule has 0 fully saturated rings. The predicted molar refractivity (Wildman–Crippen MR) is 144 cm³/mol. The summed E-state index contributed by atoms with van der Waals surface area (Å²) in [4.78, 5) is 21.4. The van der Waals surface area contributed by atoms with Crippen molar-refractivity contribution in [3.05, 3.63) is 66.7 Å². The first-order chi connectivity index (χ1) is 17.8. The lowest BCUT2D eigenvalue weighted by atomic mass is 10.2. The van der Waals surface area contributed by atoms with E-state index in [-0.39, 0.29) is 11.6 Å². The van der Waals surface area contributed by atoms with Crippen molar-refractivity contribution in [2.75, 3.05) is 29.2 Å². The van der Waals surface area contributed by atoms with Gasteiger partial charge in [0.05, 0.1) is 37.0 Å². The molecular weight excluding hydrogens is 496 g/mol. The summed E-state index contributed by atoms with van der Waals surface area (Å²) >= 11 is -2.55. The molecule has 4 aromatic rings. The van der Waals surface area contributed by atoms with Gasteiger partial charge in [0.15, 0.2) is 11.6 Å². The lowest BCUT2D eigenvalue weighted by Crippen LogP contribution is -2.32. The van der Waals surface area contributed by atoms with E-state index >= 15 is 0 Å². The van der Waals surface area contributed by atoms with Crippen LogP contribution in [0.5, 0.6) is 11.5 Å². The number of hydrogen-bond acceptors (Lipinski definition) is 8. The quantitative estimate of drug-likeness (QED) is 0.239. The van der Waals surface area contributed by atoms with Crippen LogP contribution in [0.1, 0.15) is 6.92 Å². The van der Waals surface area contributed by atoms with Crippen LogP contribution >= 0.6 is 0 Å². The van der Waals surface area contributed by atoms with Gasteiger partial charge in [-0.1, -0.05) is 18.2 Å². The molecular formula is C25H26N6O5S. The highest BCUT2D eigenvalue weighted by atomic mass is 32.2. The summed E-state index contributed by atoms with van der Waals surface area (Å²) in [5, 5.41) is 5.86. The van der Waals surface area contributed by atoms with E-state index in [9.17, 15) is 13.6 Å². The normalized spacial score (nSPS) is 12.5. The monoisotopic (exact) mass is 522 g/mol. The molecule has 0 radical (unpaired) electrons. The van der Waals surface area contributed by atoms with Crippen LogP contribution in [0, 0.1) is 0 Å². The highest BCUT2D eigenvalue weighted by Gasteiger charge is 2.24. The fraction of sp³-hybridized carbons (Fsp3) is 0.160. The molecule has 1 heterocycles. The third-order valence-electron chi connectivity index (χ3n) is 5.28. The number of rotatable bonds is 9. The molecule has 3 aromatic carbocycles. The Balaban J connectivity index is 1.84. The second-order valence-corrected chi connectivity index (χ2v) is 8.79. The van der Waals surface area contributed by atoms with Crippen LogP contribution in [0.2, 0.25) is 0 Å². The van der Waals surface area contributed by atoms with E-state index in [0.717, 1.165) is 4.31 Å². The van der Waals surface area contributed by atoms with Crippen LogP contribution < -0.4 is 30.1 Å². The molecule has 0 aliphatic rings. The van der Waals surface area contributed by atoms with Crippen LogP contribution in [-0.4, -0.2) is 44.9 Å². The standard InChI is InChI=1S/C25H26N6O5S/c1-15(26)25(32)28-16-7-6-8-18(11-16)31(37(33)34)24-23(29-21-9-4-5-10-22(21)30-24)27-17-12-19(35-2)14-20(13-17)36-3/h4-15H,26H2,1-3H3,(H,27,29)(H,28,32)(H,33,34)/t15-/m0/s1. The lowest BCUT2D eigenvalue weighted by molar-refractivity contribution is -0.117. The third kappa shape index (κ3) is 5.94. The first kappa shape index (κ1) is 25.8. The Labute approximate surface area is 216 Å². The summed E-state index contributed by atoms with van der Waals surface area (Å²) in [6.45, 7) is 1.56. The number of nitrogens with zero attached hydrogens (tertiary/aromatic N) is 3. The molecule has 37 heavy (non-hydrogen) atoms. The molecule has 1 amide bonds. The second-order valence-electron chi connectivity index (χ2n) is 7.96. The Bertz CT molecular complexity index is 1440. The minimum atomic E-state index is -2.55. The fourth-order valence-corrected chi connectivity index (χ4v) is 4.05. The van der Waals surface area contributed by atoms with E-state index in [1.54, 1.807) is 67.6 Å². The summed E-state index contributed by atoms with van der Waals surface area (Å²) in [5.41, 5.74) is 7.99. The topological polar surface area (TPSA) is 152 Å². The molecule has 4 rings (SSSR count). The van der Waals surface area contributed by atoms with Gasteiger partial charge in [0, 0.05) is 29.6 Å². The summed E-state index contributed by atoms with van der Waals surface area (Å²) in [6.07, 6.45) is 0. The molecule has 0 bridgehead atoms. The SMILES string of the molecule is COc1cc(Nc2nc3ccccc3nc2N(c2cccc(NC(=O)[C@H](C)N)c2)S(=O)O)cc(OC)c1. The van der Waals surface area contributed by atoms with Gasteiger partial charge in [-0.15, -0.1) is 0 Å². The molecule has 0 aliphatic carbocycles. The Kier molecular flexibility index (Phi) is 7.82. The Hall–Kier alpha value is -4.26. The number of nitrogens with one attached hydrogen (secondary N) is 2. The van der Waals surface area contributed by atoms with Crippen LogP contribution in [0.3, 0.4) is 0 Å². The van der Waals surface area contributed by atoms with Crippen molar-refractivity contribution in [2.45, 2.75) is 13.0 Å². The van der Waals surface area contributed by atoms with E-state index < -0.39 is 23.2 Å². The first-order valence-electron chi connectivity index (χ1n) is 11.1. The maximum absolute atomic E-state index is 12.7. The number of para-hydroxylation sites is 2. The molecule has 1 aromatic heterocycles. The van der Waals surface area contributed by atoms with Crippen LogP contribution in [0.4, 0.5) is 28.7 Å². The molecule has 11 nitrogen and oxygen atoms in total. The summed E-state index contributed by atoms with van der Waals surface area (Å²) < 4.78 is 34.8. The van der Waals surface area contributed by atoms with Crippen molar-refractivity contribution in [3.63, 3.8) is 0 Å². The molecule has 1 unspecified atom stereocenters. The van der Waals surface area contributed by atoms with Crippen molar-refractivity contribution in [3.8, 4) is 11.5 Å². The largest absolute Gasteiger partial charge is 0.497 e. The summed E-state index contributed by atoms with van der Waals surface area (Å²) in [6, 6.07) is 18.1. The number of benzene rings is 3. The Morgan fingerprint density at radius 1 is 0.973 bits per heavy atom. The number of anilines is 5. The third-order valence-corrected chi connectivity index (χ3v) is 5.97. The van der Waals surface area contributed by atoms with E-state index in [1.165, 1.54) is 14.2 Å². The average Bonchev–Trinajstić information content (AvgIpc) is 2.88. The molecule has 192 valence electrons. The van der Waals surface area contributed by atoms with Crippen molar-refractivity contribution in [2.24, 2.45) is 5.73 Å². The van der Waals surface area contributed by atoms with Gasteiger partial charge in [0.25, 0.3) is 11.3 Å². The number of carbonyl (C=O) groups excluding carboxylic acids is 1. The van der Waals surface area contributed by atoms with Gasteiger partial charge < -0.3 is 25.8 Å². The first-order valence-corrected chi connectivity index (χ1v) is 12.2. The number of fused-ring (bicyclic) bond motifs is 1. The Morgan fingerprint density at radius 2 is 1.62 bits per heavy atom. The van der Waals surface area contributed by atoms with Crippen molar-refractivity contribution in [1.29, 1.82) is 0 Å². The summed E-state index contributed by atoms with van der Waals surface area (Å²) in [5.74, 6) is 0.974. The van der Waals surface area contributed by atoms with E-state index in [4.69, 9.17) is 15.2 Å². The number of ether oxygens (including phenoxy) is 2. The number of methoxy groups -OCH3 is 2. The van der Waals surface area contributed by atoms with Gasteiger partial charge in [-0.2, -0.15) is 0 Å². The number of amides is 1. The molecule has 0 saturated heterocycles. The average molecular weight is 523 g/mol. The lowest BCUT2D eigenvalue weighted by Gasteiger charge is -2.23. The number of hydrogen-bond donors (Lipinski definition) is 4. The molecule has 2 atom stereocenters. The predicted octanol–water partition coefficient (Wildman–Crippen LogP) is 3.95. The van der Waals surface area contributed by atoms with Gasteiger partial charge in [0.1, 0.15) is 11.5 Å². The van der Waals surface area contributed by atoms with Crippen LogP contribution in [-0.2, 0) is 16.1 Å². The highest BCUT2D eigenvalue weighted by molar-refractivity contribution is 7.81. The van der Waals surface area contributed by atoms with Gasteiger partial charge in [0.2, 0.25) is 5.91 Å². The van der Waals surface area contributed by atoms with Crippen molar-refractivity contribution >= 4 is 56.9 Å². The molecule has 5 N–H and O–H groups in total. The number of aromatic nitrogens is 2. The molecule has 0 aliphatic heterocycles. The minimum Gasteiger partial charge on any atom is -0.497 e. The number of nitrogens with two attached hydrogens (primary N) is 1. The van der Waals surface area contributed by atoms with Crippen molar-refractivity contribution in [1.82, 2.24) is 9.97 Å². The van der Waals surface area contributed by atoms with E-state index in [1.807, 2.05) is 6.07 Å². The van der Waals surface area contributed by atoms with E-state index in [0.29, 0.717) is 39.6 Å². The van der Waals surface area contributed by atoms with Gasteiger partial charge in [-0.3, -0.25) is 9.35 Å². The minimum absolute atomic E-state index is 0.0805. The van der Waals surface area contributed by atoms with Gasteiger partial charge in [-0.25, -0.2) is 18.5 Å². The molecule has 0 spiro atoms. The maximum Gasteiger partial charge on any atom is 0.268 e. The maximum atomic E-state index is 12.7. The van der Waals surface area contributed by atoms with Crippen LogP contribution in [0.25, 0.3) is 11.0 Å². The van der Waals surface area contributed by atoms with E-state index in [2.05, 4.69) is 20.6 Å². The van der Waals surface area contributed by atoms with Crippen molar-refractivity contribution < 1.29 is 23.0 Å². The summed E-state index contributed by atoms with van der Waals surface area (Å²) in [7, 11) is 3.07. The fourth-order valence-electron chi connectivity index (χ4n) is 3.49. The second kappa shape index (κ2) is 11.2. The van der Waals surface area contributed by atoms with Gasteiger partial charge >= 0.3 is 0 Å². The smallest absolute Gasteiger partial charge is 0.268 e. The van der Waals surface area contributed by atoms with Crippen LogP contribution in [0.15, 0.2) is 66.7 Å². The zero-order chi connectivity index (χ0) is 26.5. The Morgan fingerprint density at radius 3 is 2.22 bits per heavy atom. The molecule has 0 saturated carbocycles. The van der Waals surface area contributed by atoms with Gasteiger partial charge in [-0.05, 0) is 37.3 Å². The zero-order valence-corrected chi connectivity index (χ0v) is 21.2. The zero-order valence-electron chi connectivity index (χ0n) is 20.3. The highest BCUT2D eigenvalue weighted by Crippen LogP contribution is 2.36.